The third-order valence-electron chi connectivity index (χ3n) is 5.60. The predicted octanol–water partition coefficient (Wildman–Crippen LogP) is 6.45. The summed E-state index contributed by atoms with van der Waals surface area (Å²) in [6.45, 7) is 0.173. The van der Waals surface area contributed by atoms with Crippen LogP contribution in [-0.2, 0) is 5.54 Å². The molecule has 0 aliphatic heterocycles. The summed E-state index contributed by atoms with van der Waals surface area (Å²) in [5, 5.41) is 13.4. The van der Waals surface area contributed by atoms with Gasteiger partial charge in [0, 0.05) is 23.7 Å². The Morgan fingerprint density at radius 2 is 1.24 bits per heavy atom. The third kappa shape index (κ3) is 4.74. The average Bonchev–Trinajstić information content (AvgIpc) is 2.87. The van der Waals surface area contributed by atoms with Crippen molar-refractivity contribution in [1.29, 1.82) is 5.26 Å². The fourth-order valence-electron chi connectivity index (χ4n) is 4.03. The first kappa shape index (κ1) is 22.1. The molecule has 0 unspecified atom stereocenters. The van der Waals surface area contributed by atoms with Gasteiger partial charge in [0.2, 0.25) is 0 Å². The summed E-state index contributed by atoms with van der Waals surface area (Å²) in [5.41, 5.74) is 2.77. The van der Waals surface area contributed by atoms with Crippen LogP contribution in [0.4, 0.5) is 8.78 Å². The maximum atomic E-state index is 14.2. The van der Waals surface area contributed by atoms with Crippen LogP contribution in [0, 0.1) is 23.0 Å². The van der Waals surface area contributed by atoms with Crippen LogP contribution in [0.5, 0.6) is 0 Å². The van der Waals surface area contributed by atoms with Gasteiger partial charge in [-0.25, -0.2) is 8.78 Å². The van der Waals surface area contributed by atoms with E-state index in [0.717, 1.165) is 22.8 Å². The van der Waals surface area contributed by atoms with Crippen LogP contribution >= 0.6 is 0 Å². The number of rotatable bonds is 7. The van der Waals surface area contributed by atoms with Crippen LogP contribution in [0.1, 0.15) is 22.3 Å². The molecule has 33 heavy (non-hydrogen) atoms. The molecule has 2 nitrogen and oxygen atoms in total. The molecule has 4 aromatic carbocycles. The summed E-state index contributed by atoms with van der Waals surface area (Å²) in [6, 6.07) is 35.5. The van der Waals surface area contributed by atoms with Crippen LogP contribution in [0.25, 0.3) is 6.08 Å². The van der Waals surface area contributed by atoms with E-state index in [4.69, 9.17) is 0 Å². The van der Waals surface area contributed by atoms with Crippen molar-refractivity contribution in [3.63, 3.8) is 0 Å². The van der Waals surface area contributed by atoms with Gasteiger partial charge in [-0.1, -0.05) is 91.0 Å². The smallest absolute Gasteiger partial charge is 0.133 e. The fourth-order valence-corrected chi connectivity index (χ4v) is 4.03. The van der Waals surface area contributed by atoms with Gasteiger partial charge in [-0.15, -0.1) is 0 Å². The van der Waals surface area contributed by atoms with E-state index >= 15 is 0 Å². The Bertz CT molecular complexity index is 1180. The molecule has 0 aliphatic rings. The summed E-state index contributed by atoms with van der Waals surface area (Å²) < 4.78 is 27.5. The molecular weight excluding hydrogens is 414 g/mol. The zero-order valence-corrected chi connectivity index (χ0v) is 17.9. The van der Waals surface area contributed by atoms with Gasteiger partial charge in [0.1, 0.15) is 11.6 Å². The Kier molecular flexibility index (Phi) is 6.73. The number of halogens is 2. The standard InChI is InChI=1S/C29H22F2N2/c30-27-17-16-23(28(31)19-27)18-22(20-32)21-33-29(24-10-4-1-5-11-24,25-12-6-2-7-13-25)26-14-8-3-9-15-26/h1-19,33H,21H2/b22-18+. The molecule has 162 valence electrons. The van der Waals surface area contributed by atoms with E-state index in [9.17, 15) is 14.0 Å². The van der Waals surface area contributed by atoms with Gasteiger partial charge < -0.3 is 0 Å². The van der Waals surface area contributed by atoms with Gasteiger partial charge in [0.15, 0.2) is 0 Å². The molecule has 0 saturated heterocycles. The van der Waals surface area contributed by atoms with E-state index in [2.05, 4.69) is 11.4 Å². The SMILES string of the molecule is N#C/C(=C\c1ccc(F)cc1F)CNC(c1ccccc1)(c1ccccc1)c1ccccc1. The van der Waals surface area contributed by atoms with E-state index in [-0.39, 0.29) is 12.1 Å². The van der Waals surface area contributed by atoms with E-state index < -0.39 is 17.2 Å². The minimum Gasteiger partial charge on any atom is -0.295 e. The largest absolute Gasteiger partial charge is 0.295 e. The van der Waals surface area contributed by atoms with Crippen molar-refractivity contribution in [1.82, 2.24) is 5.32 Å². The second-order valence-corrected chi connectivity index (χ2v) is 7.65. The molecular formula is C29H22F2N2. The Labute approximate surface area is 192 Å². The first-order valence-electron chi connectivity index (χ1n) is 10.6. The number of benzene rings is 4. The van der Waals surface area contributed by atoms with Gasteiger partial charge in [0.05, 0.1) is 11.6 Å². The highest BCUT2D eigenvalue weighted by atomic mass is 19.1. The zero-order chi connectivity index (χ0) is 23.1. The van der Waals surface area contributed by atoms with Crippen molar-refractivity contribution in [3.8, 4) is 6.07 Å². The number of nitriles is 1. The van der Waals surface area contributed by atoms with Crippen LogP contribution in [-0.4, -0.2) is 6.54 Å². The molecule has 0 spiro atoms. The van der Waals surface area contributed by atoms with Gasteiger partial charge in [0.25, 0.3) is 0 Å². The maximum Gasteiger partial charge on any atom is 0.133 e. The lowest BCUT2D eigenvalue weighted by atomic mass is 9.77. The summed E-state index contributed by atoms with van der Waals surface area (Å²) in [7, 11) is 0. The van der Waals surface area contributed by atoms with Crippen LogP contribution in [0.3, 0.4) is 0 Å². The van der Waals surface area contributed by atoms with Crippen LogP contribution < -0.4 is 5.32 Å². The fraction of sp³-hybridized carbons (Fsp3) is 0.0690. The summed E-state index contributed by atoms with van der Waals surface area (Å²) in [4.78, 5) is 0. The molecule has 0 aromatic heterocycles. The zero-order valence-electron chi connectivity index (χ0n) is 17.9. The monoisotopic (exact) mass is 436 g/mol. The molecule has 0 saturated carbocycles. The van der Waals surface area contributed by atoms with Crippen molar-refractivity contribution < 1.29 is 8.78 Å². The molecule has 0 fully saturated rings. The van der Waals surface area contributed by atoms with E-state index in [0.29, 0.717) is 5.57 Å². The predicted molar refractivity (Wildman–Crippen MR) is 127 cm³/mol. The first-order chi connectivity index (χ1) is 16.1. The third-order valence-corrected chi connectivity index (χ3v) is 5.60. The van der Waals surface area contributed by atoms with Crippen molar-refractivity contribution >= 4 is 6.08 Å². The van der Waals surface area contributed by atoms with E-state index in [1.807, 2.05) is 91.0 Å². The summed E-state index contributed by atoms with van der Waals surface area (Å²) >= 11 is 0. The second-order valence-electron chi connectivity index (χ2n) is 7.65. The molecule has 0 atom stereocenters. The average molecular weight is 437 g/mol. The van der Waals surface area contributed by atoms with Crippen molar-refractivity contribution in [3.05, 3.63) is 149 Å². The molecule has 0 amide bonds. The Balaban J connectivity index is 1.82. The number of hydrogen-bond donors (Lipinski definition) is 1. The molecule has 0 aliphatic carbocycles. The van der Waals surface area contributed by atoms with E-state index in [1.165, 1.54) is 18.2 Å². The van der Waals surface area contributed by atoms with Crippen LogP contribution in [0.2, 0.25) is 0 Å². The Morgan fingerprint density at radius 1 is 0.758 bits per heavy atom. The molecule has 4 rings (SSSR count). The van der Waals surface area contributed by atoms with Gasteiger partial charge in [-0.3, -0.25) is 5.32 Å². The number of nitrogens with zero attached hydrogens (tertiary/aromatic N) is 1. The lowest BCUT2D eigenvalue weighted by molar-refractivity contribution is 0.498. The van der Waals surface area contributed by atoms with Crippen molar-refractivity contribution in [2.24, 2.45) is 0 Å². The first-order valence-corrected chi connectivity index (χ1v) is 10.6. The topological polar surface area (TPSA) is 35.8 Å². The molecule has 1 N–H and O–H groups in total. The highest BCUT2D eigenvalue weighted by molar-refractivity contribution is 5.58. The molecule has 0 bridgehead atoms. The summed E-state index contributed by atoms with van der Waals surface area (Å²) in [5.74, 6) is -1.36. The highest BCUT2D eigenvalue weighted by Gasteiger charge is 2.35. The highest BCUT2D eigenvalue weighted by Crippen LogP contribution is 2.36. The summed E-state index contributed by atoms with van der Waals surface area (Å²) in [6.07, 6.45) is 1.45. The van der Waals surface area contributed by atoms with Crippen molar-refractivity contribution in [2.75, 3.05) is 6.54 Å². The lowest BCUT2D eigenvalue weighted by Gasteiger charge is -2.37. The molecule has 0 radical (unpaired) electrons. The second kappa shape index (κ2) is 10.0. The molecule has 0 heterocycles. The normalized spacial score (nSPS) is 11.7. The molecule has 4 aromatic rings. The molecule has 4 heteroatoms. The van der Waals surface area contributed by atoms with Gasteiger partial charge in [-0.05, 0) is 34.9 Å². The minimum atomic E-state index is -0.749. The van der Waals surface area contributed by atoms with E-state index in [1.54, 1.807) is 0 Å². The quantitative estimate of drug-likeness (QED) is 0.267. The van der Waals surface area contributed by atoms with Crippen LogP contribution in [0.15, 0.2) is 115 Å². The number of nitrogens with one attached hydrogen (secondary N) is 1. The van der Waals surface area contributed by atoms with Gasteiger partial charge in [-0.2, -0.15) is 5.26 Å². The lowest BCUT2D eigenvalue weighted by Crippen LogP contribution is -2.45. The van der Waals surface area contributed by atoms with Crippen molar-refractivity contribution in [2.45, 2.75) is 5.54 Å². The van der Waals surface area contributed by atoms with Gasteiger partial charge >= 0.3 is 0 Å². The minimum absolute atomic E-state index is 0.166. The Morgan fingerprint density at radius 3 is 1.67 bits per heavy atom. The number of hydrogen-bond acceptors (Lipinski definition) is 2. The Hall–Kier alpha value is -4.07. The maximum absolute atomic E-state index is 14.2.